The zero-order chi connectivity index (χ0) is 7.98. The van der Waals surface area contributed by atoms with E-state index in [1.54, 1.807) is 0 Å². The van der Waals surface area contributed by atoms with Gasteiger partial charge in [-0.15, -0.1) is 6.58 Å². The van der Waals surface area contributed by atoms with E-state index in [2.05, 4.69) is 20.4 Å². The minimum Gasteiger partial charge on any atom is -0.378 e. The summed E-state index contributed by atoms with van der Waals surface area (Å²) in [7, 11) is 0. The van der Waals surface area contributed by atoms with E-state index in [0.29, 0.717) is 6.10 Å². The van der Waals surface area contributed by atoms with Crippen LogP contribution < -0.4 is 0 Å². The first kappa shape index (κ1) is 29.2. The van der Waals surface area contributed by atoms with Crippen LogP contribution in [0, 0.1) is 0 Å². The van der Waals surface area contributed by atoms with Crippen LogP contribution in [0.4, 0.5) is 0 Å². The van der Waals surface area contributed by atoms with Gasteiger partial charge in [0.05, 0.1) is 12.7 Å². The maximum atomic E-state index is 5.44. The van der Waals surface area contributed by atoms with Gasteiger partial charge in [-0.1, -0.05) is 42.2 Å². The third kappa shape index (κ3) is 22.6. The van der Waals surface area contributed by atoms with E-state index in [1.165, 1.54) is 5.57 Å². The molecule has 0 aromatic heterocycles. The van der Waals surface area contributed by atoms with Crippen LogP contribution in [0.15, 0.2) is 12.2 Å². The van der Waals surface area contributed by atoms with E-state index < -0.39 is 0 Å². The van der Waals surface area contributed by atoms with Gasteiger partial charge < -0.3 is 4.74 Å². The van der Waals surface area contributed by atoms with Gasteiger partial charge in [-0.25, -0.2) is 0 Å². The SMILES string of the molecule is C.C.C.C.C=C(C)CCOC(C)CC. The third-order valence-corrected chi connectivity index (χ3v) is 1.51. The molecule has 0 bridgehead atoms. The average Bonchev–Trinajstić information content (AvgIpc) is 1.87. The van der Waals surface area contributed by atoms with Gasteiger partial charge in [-0.3, -0.25) is 0 Å². The fraction of sp³-hybridized carbons (Fsp3) is 0.846. The fourth-order valence-corrected chi connectivity index (χ4v) is 0.552. The molecule has 0 N–H and O–H groups in total. The maximum absolute atomic E-state index is 5.44. The molecular formula is C13H34O. The highest BCUT2D eigenvalue weighted by Crippen LogP contribution is 2.00. The van der Waals surface area contributed by atoms with Crippen molar-refractivity contribution >= 4 is 0 Å². The molecule has 0 spiro atoms. The molecule has 0 radical (unpaired) electrons. The van der Waals surface area contributed by atoms with Crippen LogP contribution >= 0.6 is 0 Å². The van der Waals surface area contributed by atoms with Crippen molar-refractivity contribution < 1.29 is 4.74 Å². The minimum atomic E-state index is 0. The van der Waals surface area contributed by atoms with Crippen molar-refractivity contribution in [1.29, 1.82) is 0 Å². The summed E-state index contributed by atoms with van der Waals surface area (Å²) in [6.07, 6.45) is 2.49. The molecule has 0 amide bonds. The molecule has 1 atom stereocenters. The molecule has 0 heterocycles. The van der Waals surface area contributed by atoms with Crippen LogP contribution in [-0.2, 0) is 4.74 Å². The van der Waals surface area contributed by atoms with E-state index in [0.717, 1.165) is 19.4 Å². The van der Waals surface area contributed by atoms with Gasteiger partial charge in [0.1, 0.15) is 0 Å². The molecular weight excluding hydrogens is 172 g/mol. The van der Waals surface area contributed by atoms with Crippen molar-refractivity contribution in [3.05, 3.63) is 12.2 Å². The molecule has 0 aliphatic heterocycles. The monoisotopic (exact) mass is 206 g/mol. The van der Waals surface area contributed by atoms with Gasteiger partial charge in [-0.2, -0.15) is 0 Å². The van der Waals surface area contributed by atoms with Crippen LogP contribution in [0.3, 0.4) is 0 Å². The van der Waals surface area contributed by atoms with Crippen molar-refractivity contribution in [3.8, 4) is 0 Å². The first-order chi connectivity index (χ1) is 4.66. The second kappa shape index (κ2) is 18.5. The van der Waals surface area contributed by atoms with Crippen LogP contribution in [-0.4, -0.2) is 12.7 Å². The van der Waals surface area contributed by atoms with E-state index in [-0.39, 0.29) is 29.7 Å². The van der Waals surface area contributed by atoms with Crippen molar-refractivity contribution in [3.63, 3.8) is 0 Å². The highest BCUT2D eigenvalue weighted by Gasteiger charge is 1.96. The molecule has 0 aliphatic rings. The molecule has 92 valence electrons. The zero-order valence-corrected chi connectivity index (χ0v) is 7.31. The predicted molar refractivity (Wildman–Crippen MR) is 72.1 cm³/mol. The quantitative estimate of drug-likeness (QED) is 0.554. The van der Waals surface area contributed by atoms with Gasteiger partial charge in [0.25, 0.3) is 0 Å². The molecule has 14 heavy (non-hydrogen) atoms. The Morgan fingerprint density at radius 2 is 1.64 bits per heavy atom. The maximum Gasteiger partial charge on any atom is 0.0544 e. The lowest BCUT2D eigenvalue weighted by Gasteiger charge is -2.09. The average molecular weight is 206 g/mol. The number of hydrogen-bond donors (Lipinski definition) is 0. The Morgan fingerprint density at radius 1 is 1.21 bits per heavy atom. The topological polar surface area (TPSA) is 9.23 Å². The highest BCUT2D eigenvalue weighted by atomic mass is 16.5. The normalized spacial score (nSPS) is 9.36. The van der Waals surface area contributed by atoms with Crippen LogP contribution in [0.5, 0.6) is 0 Å². The zero-order valence-electron chi connectivity index (χ0n) is 7.31. The molecule has 1 nitrogen and oxygen atoms in total. The van der Waals surface area contributed by atoms with Crippen LogP contribution in [0.1, 0.15) is 63.3 Å². The van der Waals surface area contributed by atoms with Crippen molar-refractivity contribution in [2.45, 2.75) is 69.4 Å². The number of ether oxygens (including phenoxy) is 1. The molecule has 0 fully saturated rings. The second-order valence-electron chi connectivity index (χ2n) is 2.80. The van der Waals surface area contributed by atoms with Crippen molar-refractivity contribution in [2.24, 2.45) is 0 Å². The highest BCUT2D eigenvalue weighted by molar-refractivity contribution is 4.87. The largest absolute Gasteiger partial charge is 0.378 e. The Hall–Kier alpha value is -0.300. The fourth-order valence-electron chi connectivity index (χ4n) is 0.552. The summed E-state index contributed by atoms with van der Waals surface area (Å²) in [6.45, 7) is 10.9. The third-order valence-electron chi connectivity index (χ3n) is 1.51. The van der Waals surface area contributed by atoms with E-state index in [1.807, 2.05) is 6.92 Å². The van der Waals surface area contributed by atoms with Gasteiger partial charge >= 0.3 is 0 Å². The summed E-state index contributed by atoms with van der Waals surface area (Å²) in [5.41, 5.74) is 1.20. The standard InChI is InChI=1S/C9H18O.4CH4/c1-5-9(4)10-7-6-8(2)3;;;;/h9H,2,5-7H2,1,3-4H3;4*1H4. The molecule has 0 rings (SSSR count). The van der Waals surface area contributed by atoms with Crippen LogP contribution in [0.25, 0.3) is 0 Å². The first-order valence-corrected chi connectivity index (χ1v) is 3.92. The van der Waals surface area contributed by atoms with E-state index in [9.17, 15) is 0 Å². The molecule has 0 aromatic carbocycles. The van der Waals surface area contributed by atoms with E-state index in [4.69, 9.17) is 4.74 Å². The lowest BCUT2D eigenvalue weighted by molar-refractivity contribution is 0.0660. The lowest BCUT2D eigenvalue weighted by atomic mass is 10.2. The molecule has 0 saturated heterocycles. The van der Waals surface area contributed by atoms with Crippen molar-refractivity contribution in [1.82, 2.24) is 0 Å². The predicted octanol–water partition coefficient (Wildman–Crippen LogP) is 5.31. The summed E-state index contributed by atoms with van der Waals surface area (Å²) in [5, 5.41) is 0. The number of hydrogen-bond acceptors (Lipinski definition) is 1. The Labute approximate surface area is 93.6 Å². The second-order valence-corrected chi connectivity index (χ2v) is 2.80. The summed E-state index contributed by atoms with van der Waals surface area (Å²) in [6, 6.07) is 0. The summed E-state index contributed by atoms with van der Waals surface area (Å²) in [4.78, 5) is 0. The number of rotatable bonds is 5. The van der Waals surface area contributed by atoms with Crippen LogP contribution in [0.2, 0.25) is 0 Å². The summed E-state index contributed by atoms with van der Waals surface area (Å²) < 4.78 is 5.44. The Balaban J connectivity index is -0.0000000675. The van der Waals surface area contributed by atoms with Gasteiger partial charge in [0.2, 0.25) is 0 Å². The van der Waals surface area contributed by atoms with Crippen molar-refractivity contribution in [2.75, 3.05) is 6.61 Å². The molecule has 1 heteroatoms. The molecule has 0 saturated carbocycles. The van der Waals surface area contributed by atoms with Gasteiger partial charge in [0.15, 0.2) is 0 Å². The molecule has 0 aromatic rings. The summed E-state index contributed by atoms with van der Waals surface area (Å²) in [5.74, 6) is 0. The summed E-state index contributed by atoms with van der Waals surface area (Å²) >= 11 is 0. The molecule has 1 unspecified atom stereocenters. The Bertz CT molecular complexity index is 97.4. The smallest absolute Gasteiger partial charge is 0.0544 e. The lowest BCUT2D eigenvalue weighted by Crippen LogP contribution is -2.07. The van der Waals surface area contributed by atoms with Gasteiger partial charge in [0, 0.05) is 0 Å². The van der Waals surface area contributed by atoms with E-state index >= 15 is 0 Å². The minimum absolute atomic E-state index is 0. The first-order valence-electron chi connectivity index (χ1n) is 3.92. The Morgan fingerprint density at radius 3 is 1.93 bits per heavy atom. The Kier molecular flexibility index (Phi) is 38.5. The molecule has 0 aliphatic carbocycles. The van der Waals surface area contributed by atoms with Gasteiger partial charge in [-0.05, 0) is 26.7 Å².